The van der Waals surface area contributed by atoms with Crippen LogP contribution in [0, 0.1) is 13.8 Å². The first-order valence-corrected chi connectivity index (χ1v) is 15.5. The fourth-order valence-corrected chi connectivity index (χ4v) is 7.71. The molecule has 9 rings (SSSR count). The monoisotopic (exact) mass is 561 g/mol. The molecule has 0 aliphatic carbocycles. The summed E-state index contributed by atoms with van der Waals surface area (Å²) in [6.45, 7) is 4.51. The van der Waals surface area contributed by atoms with E-state index in [0.717, 1.165) is 0 Å². The number of hydrogen-bond acceptors (Lipinski definition) is 1. The normalized spacial score (nSPS) is 14.8. The van der Waals surface area contributed by atoms with Crippen LogP contribution in [-0.2, 0) is 0 Å². The average molecular weight is 562 g/mol. The van der Waals surface area contributed by atoms with Crippen molar-refractivity contribution in [1.29, 1.82) is 0 Å². The molecule has 1 nitrogen and oxygen atoms in total. The molecule has 0 bridgehead atoms. The summed E-state index contributed by atoms with van der Waals surface area (Å²) in [5, 5.41) is 16.6. The molecule has 8 aromatic carbocycles. The molecule has 0 radical (unpaired) electrons. The molecular weight excluding hydrogens is 530 g/mol. The lowest BCUT2D eigenvalue weighted by atomic mass is 9.82. The van der Waals surface area contributed by atoms with Crippen LogP contribution in [0.3, 0.4) is 0 Å². The lowest BCUT2D eigenvalue weighted by Gasteiger charge is -2.23. The predicted molar refractivity (Wildman–Crippen MR) is 190 cm³/mol. The third-order valence-electron chi connectivity index (χ3n) is 9.69. The Morgan fingerprint density at radius 1 is 0.500 bits per heavy atom. The largest absolute Gasteiger partial charge is 0.381 e. The van der Waals surface area contributed by atoms with Crippen LogP contribution in [0.25, 0.3) is 76.1 Å². The van der Waals surface area contributed by atoms with Gasteiger partial charge in [-0.2, -0.15) is 0 Å². The molecule has 0 aromatic heterocycles. The van der Waals surface area contributed by atoms with Gasteiger partial charge in [0, 0.05) is 0 Å². The molecule has 0 saturated carbocycles. The summed E-state index contributed by atoms with van der Waals surface area (Å²) < 4.78 is 0. The van der Waals surface area contributed by atoms with Crippen molar-refractivity contribution in [3.05, 3.63) is 156 Å². The number of dihydropyridines is 1. The van der Waals surface area contributed by atoms with Crippen LogP contribution in [0.15, 0.2) is 140 Å². The fraction of sp³-hybridized carbons (Fsp3) is 0.0698. The van der Waals surface area contributed by atoms with E-state index in [9.17, 15) is 0 Å². The SMILES string of the molecule is Cc1cc(C2C=CC=CN2)c(C)cc1-c1c2ccccc2c(-c2cc3ccc4cccc5ccc(c2)c3c45)c2ccccc12. The lowest BCUT2D eigenvalue weighted by Crippen LogP contribution is -2.16. The number of aryl methyl sites for hydroxylation is 2. The Morgan fingerprint density at radius 3 is 1.66 bits per heavy atom. The maximum Gasteiger partial charge on any atom is 0.0698 e. The summed E-state index contributed by atoms with van der Waals surface area (Å²) in [5.74, 6) is 0. The third-order valence-corrected chi connectivity index (χ3v) is 9.69. The van der Waals surface area contributed by atoms with Crippen molar-refractivity contribution < 1.29 is 0 Å². The van der Waals surface area contributed by atoms with Crippen molar-refractivity contribution >= 4 is 53.9 Å². The molecule has 1 aliphatic rings. The van der Waals surface area contributed by atoms with Crippen molar-refractivity contribution in [2.24, 2.45) is 0 Å². The van der Waals surface area contributed by atoms with E-state index in [0.29, 0.717) is 0 Å². The van der Waals surface area contributed by atoms with Gasteiger partial charge < -0.3 is 5.32 Å². The van der Waals surface area contributed by atoms with Crippen LogP contribution in [0.5, 0.6) is 0 Å². The first kappa shape index (κ1) is 25.1. The highest BCUT2D eigenvalue weighted by molar-refractivity contribution is 6.26. The molecular formula is C43H31N. The van der Waals surface area contributed by atoms with Crippen LogP contribution < -0.4 is 5.32 Å². The molecule has 0 saturated heterocycles. The zero-order valence-corrected chi connectivity index (χ0v) is 24.9. The van der Waals surface area contributed by atoms with Crippen LogP contribution in [0.2, 0.25) is 0 Å². The molecule has 1 N–H and O–H groups in total. The van der Waals surface area contributed by atoms with Gasteiger partial charge in [0.05, 0.1) is 6.04 Å². The lowest BCUT2D eigenvalue weighted by molar-refractivity contribution is 0.740. The van der Waals surface area contributed by atoms with E-state index in [-0.39, 0.29) is 6.04 Å². The van der Waals surface area contributed by atoms with Gasteiger partial charge >= 0.3 is 0 Å². The minimum absolute atomic E-state index is 0.194. The standard InChI is InChI=1S/C43H31N/c1-26-23-38(27(2)22-37(26)39-16-7-8-21-44-39)43-35-14-5-3-12-33(35)42(34-13-4-6-15-36(34)43)32-24-30-19-17-28-10-9-11-29-18-20-31(25-32)41(30)40(28)29/h3-25,39,44H,1-2H3. The summed E-state index contributed by atoms with van der Waals surface area (Å²) in [5.41, 5.74) is 9.11. The minimum Gasteiger partial charge on any atom is -0.381 e. The fourth-order valence-electron chi connectivity index (χ4n) is 7.71. The zero-order chi connectivity index (χ0) is 29.4. The van der Waals surface area contributed by atoms with Crippen molar-refractivity contribution in [2.75, 3.05) is 0 Å². The van der Waals surface area contributed by atoms with Crippen LogP contribution in [-0.4, -0.2) is 0 Å². The van der Waals surface area contributed by atoms with Crippen molar-refractivity contribution in [3.63, 3.8) is 0 Å². The highest BCUT2D eigenvalue weighted by Crippen LogP contribution is 2.46. The molecule has 0 fully saturated rings. The Morgan fingerprint density at radius 2 is 1.07 bits per heavy atom. The smallest absolute Gasteiger partial charge is 0.0698 e. The number of nitrogens with one attached hydrogen (secondary N) is 1. The molecule has 1 unspecified atom stereocenters. The van der Waals surface area contributed by atoms with Gasteiger partial charge in [-0.25, -0.2) is 0 Å². The van der Waals surface area contributed by atoms with Crippen LogP contribution in [0.1, 0.15) is 22.7 Å². The van der Waals surface area contributed by atoms with Gasteiger partial charge in [-0.1, -0.05) is 115 Å². The maximum absolute atomic E-state index is 3.51. The van der Waals surface area contributed by atoms with E-state index < -0.39 is 0 Å². The van der Waals surface area contributed by atoms with Crippen molar-refractivity contribution in [3.8, 4) is 22.3 Å². The molecule has 208 valence electrons. The number of rotatable bonds is 3. The second kappa shape index (κ2) is 9.56. The average Bonchev–Trinajstić information content (AvgIpc) is 3.07. The van der Waals surface area contributed by atoms with Gasteiger partial charge in [0.15, 0.2) is 0 Å². The Bertz CT molecular complexity index is 2370. The van der Waals surface area contributed by atoms with Gasteiger partial charge in [0.1, 0.15) is 0 Å². The maximum atomic E-state index is 3.51. The second-order valence-corrected chi connectivity index (χ2v) is 12.3. The zero-order valence-electron chi connectivity index (χ0n) is 24.9. The minimum atomic E-state index is 0.194. The summed E-state index contributed by atoms with van der Waals surface area (Å²) in [7, 11) is 0. The van der Waals surface area contributed by atoms with Crippen LogP contribution in [0.4, 0.5) is 0 Å². The Kier molecular flexibility index (Phi) is 5.46. The molecule has 1 heterocycles. The van der Waals surface area contributed by atoms with Gasteiger partial charge in [-0.15, -0.1) is 0 Å². The highest BCUT2D eigenvalue weighted by Gasteiger charge is 2.20. The summed E-state index contributed by atoms with van der Waals surface area (Å²) in [4.78, 5) is 0. The second-order valence-electron chi connectivity index (χ2n) is 12.3. The topological polar surface area (TPSA) is 12.0 Å². The Hall–Kier alpha value is -5.40. The van der Waals surface area contributed by atoms with Crippen molar-refractivity contribution in [2.45, 2.75) is 19.9 Å². The molecule has 0 amide bonds. The van der Waals surface area contributed by atoms with E-state index in [1.165, 1.54) is 92.8 Å². The Labute approximate surface area is 257 Å². The summed E-state index contributed by atoms with van der Waals surface area (Å²) >= 11 is 0. The van der Waals surface area contributed by atoms with Gasteiger partial charge in [0.2, 0.25) is 0 Å². The number of benzene rings is 8. The van der Waals surface area contributed by atoms with Gasteiger partial charge in [-0.05, 0) is 131 Å². The predicted octanol–water partition coefficient (Wildman–Crippen LogP) is 11.6. The first-order chi connectivity index (χ1) is 21.7. The van der Waals surface area contributed by atoms with E-state index in [1.54, 1.807) is 0 Å². The van der Waals surface area contributed by atoms with E-state index in [2.05, 4.69) is 147 Å². The van der Waals surface area contributed by atoms with Gasteiger partial charge in [0.25, 0.3) is 0 Å². The van der Waals surface area contributed by atoms with E-state index in [1.807, 2.05) is 12.3 Å². The molecule has 1 heteroatoms. The van der Waals surface area contributed by atoms with E-state index >= 15 is 0 Å². The first-order valence-electron chi connectivity index (χ1n) is 15.5. The summed E-state index contributed by atoms with van der Waals surface area (Å²) in [6, 6.07) is 43.5. The number of hydrogen-bond donors (Lipinski definition) is 1. The number of fused-ring (bicyclic) bond motifs is 2. The third kappa shape index (κ3) is 3.66. The molecule has 0 spiro atoms. The van der Waals surface area contributed by atoms with Gasteiger partial charge in [-0.3, -0.25) is 0 Å². The number of allylic oxidation sites excluding steroid dienone is 2. The summed E-state index contributed by atoms with van der Waals surface area (Å²) in [6.07, 6.45) is 8.44. The molecule has 8 aromatic rings. The van der Waals surface area contributed by atoms with Crippen molar-refractivity contribution in [1.82, 2.24) is 5.32 Å². The van der Waals surface area contributed by atoms with E-state index in [4.69, 9.17) is 0 Å². The quantitative estimate of drug-likeness (QED) is 0.167. The molecule has 44 heavy (non-hydrogen) atoms. The molecule has 1 aliphatic heterocycles. The molecule has 1 atom stereocenters. The Balaban J connectivity index is 1.33. The highest BCUT2D eigenvalue weighted by atomic mass is 14.9. The van der Waals surface area contributed by atoms with Crippen LogP contribution >= 0.6 is 0 Å².